The lowest BCUT2D eigenvalue weighted by Gasteiger charge is -2.18. The standard InChI is InChI=1S/C5H2F5N2/c6-4(7,8)5(9,10)12-3-1-2-11-12/h1-2H. The molecule has 0 saturated carbocycles. The van der Waals surface area contributed by atoms with Crippen molar-refractivity contribution in [2.45, 2.75) is 12.2 Å². The van der Waals surface area contributed by atoms with Crippen LogP contribution >= 0.6 is 0 Å². The molecular formula is C5H2F5N2. The van der Waals surface area contributed by atoms with Crippen LogP contribution in [-0.2, 0) is 6.05 Å². The molecule has 67 valence electrons. The van der Waals surface area contributed by atoms with Gasteiger partial charge in [-0.2, -0.15) is 31.7 Å². The summed E-state index contributed by atoms with van der Waals surface area (Å²) in [7, 11) is 0. The largest absolute Gasteiger partial charge is 0.477 e. The summed E-state index contributed by atoms with van der Waals surface area (Å²) >= 11 is 0. The minimum Gasteiger partial charge on any atom is -0.192 e. The van der Waals surface area contributed by atoms with E-state index < -0.39 is 16.9 Å². The Kier molecular flexibility index (Phi) is 1.81. The molecule has 1 rings (SSSR count). The van der Waals surface area contributed by atoms with E-state index >= 15 is 0 Å². The zero-order valence-corrected chi connectivity index (χ0v) is 5.44. The summed E-state index contributed by atoms with van der Waals surface area (Å²) < 4.78 is 58.6. The second-order valence-corrected chi connectivity index (χ2v) is 1.91. The van der Waals surface area contributed by atoms with Gasteiger partial charge in [0.2, 0.25) is 0 Å². The Bertz CT molecular complexity index is 249. The van der Waals surface area contributed by atoms with Crippen LogP contribution in [0.1, 0.15) is 0 Å². The van der Waals surface area contributed by atoms with E-state index in [0.717, 1.165) is 12.3 Å². The van der Waals surface area contributed by atoms with E-state index in [-0.39, 0.29) is 0 Å². The summed E-state index contributed by atoms with van der Waals surface area (Å²) in [6, 6.07) is -4.13. The quantitative estimate of drug-likeness (QED) is 0.610. The monoisotopic (exact) mass is 185 g/mol. The first-order chi connectivity index (χ1) is 5.36. The van der Waals surface area contributed by atoms with Crippen molar-refractivity contribution in [2.75, 3.05) is 0 Å². The Morgan fingerprint density at radius 3 is 2.08 bits per heavy atom. The summed E-state index contributed by atoms with van der Waals surface area (Å²) in [4.78, 5) is 0. The molecule has 0 atom stereocenters. The second kappa shape index (κ2) is 2.43. The second-order valence-electron chi connectivity index (χ2n) is 1.91. The van der Waals surface area contributed by atoms with Gasteiger partial charge in [-0.05, 0) is 6.07 Å². The van der Waals surface area contributed by atoms with Gasteiger partial charge in [-0.15, -0.1) is 0 Å². The smallest absolute Gasteiger partial charge is 0.192 e. The minimum atomic E-state index is -5.64. The first-order valence-electron chi connectivity index (χ1n) is 2.72. The molecule has 0 aliphatic heterocycles. The number of hydrogen-bond donors (Lipinski definition) is 0. The third kappa shape index (κ3) is 1.26. The first kappa shape index (κ1) is 8.95. The Labute approximate surface area is 63.6 Å². The summed E-state index contributed by atoms with van der Waals surface area (Å²) in [5.41, 5.74) is 0. The fraction of sp³-hybridized carbons (Fsp3) is 0.400. The van der Waals surface area contributed by atoms with Gasteiger partial charge in [0.15, 0.2) is 0 Å². The topological polar surface area (TPSA) is 17.8 Å². The van der Waals surface area contributed by atoms with Crippen LogP contribution in [0.25, 0.3) is 0 Å². The molecule has 0 bridgehead atoms. The fourth-order valence-corrected chi connectivity index (χ4v) is 0.511. The highest BCUT2D eigenvalue weighted by atomic mass is 19.4. The van der Waals surface area contributed by atoms with Crippen molar-refractivity contribution >= 4 is 0 Å². The fourth-order valence-electron chi connectivity index (χ4n) is 0.511. The average Bonchev–Trinajstić information content (AvgIpc) is 2.34. The van der Waals surface area contributed by atoms with E-state index in [2.05, 4.69) is 5.10 Å². The Balaban J connectivity index is 3.02. The lowest BCUT2D eigenvalue weighted by atomic mass is 10.5. The molecule has 0 spiro atoms. The third-order valence-electron chi connectivity index (χ3n) is 1.06. The van der Waals surface area contributed by atoms with Gasteiger partial charge in [-0.1, -0.05) is 0 Å². The van der Waals surface area contributed by atoms with Crippen LogP contribution in [0, 0.1) is 6.20 Å². The average molecular weight is 185 g/mol. The number of nitrogens with zero attached hydrogens (tertiary/aromatic N) is 2. The Morgan fingerprint density at radius 1 is 1.17 bits per heavy atom. The SMILES string of the molecule is FC(F)(F)C(F)(F)n1[c]ccn1. The highest BCUT2D eigenvalue weighted by Gasteiger charge is 2.60. The highest BCUT2D eigenvalue weighted by molar-refractivity contribution is 4.81. The third-order valence-corrected chi connectivity index (χ3v) is 1.06. The van der Waals surface area contributed by atoms with Crippen LogP contribution in [0.2, 0.25) is 0 Å². The van der Waals surface area contributed by atoms with Crippen molar-refractivity contribution in [3.8, 4) is 0 Å². The molecular weight excluding hydrogens is 183 g/mol. The van der Waals surface area contributed by atoms with Gasteiger partial charge in [0, 0.05) is 6.20 Å². The van der Waals surface area contributed by atoms with Crippen LogP contribution in [0.5, 0.6) is 0 Å². The molecule has 0 unspecified atom stereocenters. The maximum atomic E-state index is 12.2. The lowest BCUT2D eigenvalue weighted by Crippen LogP contribution is -2.40. The van der Waals surface area contributed by atoms with Crippen LogP contribution in [0.3, 0.4) is 0 Å². The minimum absolute atomic E-state index is 0.562. The van der Waals surface area contributed by atoms with Gasteiger partial charge in [0.05, 0.1) is 6.20 Å². The van der Waals surface area contributed by atoms with Crippen molar-refractivity contribution in [3.63, 3.8) is 0 Å². The first-order valence-corrected chi connectivity index (χ1v) is 2.72. The predicted molar refractivity (Wildman–Crippen MR) is 27.3 cm³/mol. The highest BCUT2D eigenvalue weighted by Crippen LogP contribution is 2.38. The van der Waals surface area contributed by atoms with Gasteiger partial charge >= 0.3 is 12.2 Å². The van der Waals surface area contributed by atoms with E-state index in [4.69, 9.17) is 0 Å². The van der Waals surface area contributed by atoms with Gasteiger partial charge in [0.25, 0.3) is 0 Å². The molecule has 0 fully saturated rings. The molecule has 1 aromatic rings. The lowest BCUT2D eigenvalue weighted by molar-refractivity contribution is -0.328. The molecule has 2 nitrogen and oxygen atoms in total. The molecule has 1 radical (unpaired) electrons. The summed E-state index contributed by atoms with van der Waals surface area (Å²) in [5.74, 6) is 0. The van der Waals surface area contributed by atoms with E-state index in [1.807, 2.05) is 0 Å². The molecule has 12 heavy (non-hydrogen) atoms. The molecule has 1 aromatic heterocycles. The Hall–Kier alpha value is -1.14. The number of aromatic nitrogens is 2. The van der Waals surface area contributed by atoms with Crippen LogP contribution < -0.4 is 0 Å². The van der Waals surface area contributed by atoms with Crippen LogP contribution in [0.15, 0.2) is 12.3 Å². The summed E-state index contributed by atoms with van der Waals surface area (Å²) in [6.07, 6.45) is -3.23. The number of halogens is 5. The van der Waals surface area contributed by atoms with E-state index in [1.54, 1.807) is 6.20 Å². The van der Waals surface area contributed by atoms with Crippen molar-refractivity contribution < 1.29 is 22.0 Å². The number of rotatable bonds is 1. The zero-order chi connectivity index (χ0) is 9.41. The molecule has 0 aliphatic rings. The normalized spacial score (nSPS) is 13.4. The van der Waals surface area contributed by atoms with Gasteiger partial charge < -0.3 is 0 Å². The molecule has 0 aliphatic carbocycles. The maximum Gasteiger partial charge on any atom is 0.477 e. The predicted octanol–water partition coefficient (Wildman–Crippen LogP) is 1.79. The molecule has 1 heterocycles. The molecule has 0 saturated heterocycles. The summed E-state index contributed by atoms with van der Waals surface area (Å²) in [5, 5.41) is 2.75. The van der Waals surface area contributed by atoms with Gasteiger partial charge in [0.1, 0.15) is 0 Å². The Morgan fingerprint density at radius 2 is 1.75 bits per heavy atom. The number of alkyl halides is 5. The van der Waals surface area contributed by atoms with Crippen molar-refractivity contribution in [1.29, 1.82) is 0 Å². The van der Waals surface area contributed by atoms with Crippen molar-refractivity contribution in [3.05, 3.63) is 18.5 Å². The van der Waals surface area contributed by atoms with Gasteiger partial charge in [-0.3, -0.25) is 0 Å². The molecule has 0 aromatic carbocycles. The van der Waals surface area contributed by atoms with E-state index in [9.17, 15) is 22.0 Å². The van der Waals surface area contributed by atoms with Crippen LogP contribution in [0.4, 0.5) is 22.0 Å². The molecule has 0 amide bonds. The maximum absolute atomic E-state index is 12.2. The van der Waals surface area contributed by atoms with Crippen molar-refractivity contribution in [1.82, 2.24) is 9.78 Å². The zero-order valence-electron chi connectivity index (χ0n) is 5.44. The van der Waals surface area contributed by atoms with Gasteiger partial charge in [-0.25, -0.2) is 0 Å². The van der Waals surface area contributed by atoms with Crippen LogP contribution in [-0.4, -0.2) is 16.0 Å². The van der Waals surface area contributed by atoms with Crippen molar-refractivity contribution in [2.24, 2.45) is 0 Å². The van der Waals surface area contributed by atoms with E-state index in [1.165, 1.54) is 0 Å². The molecule has 7 heteroatoms. The molecule has 0 N–H and O–H groups in total. The number of hydrogen-bond acceptors (Lipinski definition) is 1. The summed E-state index contributed by atoms with van der Waals surface area (Å²) in [6.45, 7) is 0. The van der Waals surface area contributed by atoms with E-state index in [0.29, 0.717) is 0 Å².